The first-order valence-corrected chi connectivity index (χ1v) is 7.28. The van der Waals surface area contributed by atoms with E-state index < -0.39 is 0 Å². The van der Waals surface area contributed by atoms with Gasteiger partial charge in [-0.1, -0.05) is 19.9 Å². The Morgan fingerprint density at radius 3 is 2.72 bits per heavy atom. The average Bonchev–Trinajstić information content (AvgIpc) is 3.00. The van der Waals surface area contributed by atoms with Gasteiger partial charge in [0.1, 0.15) is 0 Å². The van der Waals surface area contributed by atoms with E-state index in [1.54, 1.807) is 11.3 Å². The summed E-state index contributed by atoms with van der Waals surface area (Å²) in [6, 6.07) is 4.59. The molecule has 0 saturated heterocycles. The quantitative estimate of drug-likeness (QED) is 0.900. The molecule has 0 bridgehead atoms. The van der Waals surface area contributed by atoms with E-state index in [0.29, 0.717) is 24.4 Å². The van der Waals surface area contributed by atoms with Crippen molar-refractivity contribution >= 4 is 11.3 Å². The topological polar surface area (TPSA) is 43.8 Å². The minimum Gasteiger partial charge on any atom is -0.330 e. The van der Waals surface area contributed by atoms with Gasteiger partial charge in [0.15, 0.2) is 0 Å². The first-order valence-electron chi connectivity index (χ1n) is 6.40. The number of hydrogen-bond donors (Lipinski definition) is 1. The number of aromatic nitrogens is 2. The Labute approximate surface area is 113 Å². The second kappa shape index (κ2) is 5.67. The molecule has 2 atom stereocenters. The molecule has 2 rings (SSSR count). The zero-order valence-corrected chi connectivity index (χ0v) is 12.0. The third kappa shape index (κ3) is 2.49. The van der Waals surface area contributed by atoms with Crippen LogP contribution in [0.2, 0.25) is 0 Å². The van der Waals surface area contributed by atoms with Crippen LogP contribution < -0.4 is 5.73 Å². The summed E-state index contributed by atoms with van der Waals surface area (Å²) < 4.78 is 2.25. The number of nitrogens with zero attached hydrogens (tertiary/aromatic N) is 2. The maximum atomic E-state index is 5.91. The van der Waals surface area contributed by atoms with Crippen LogP contribution in [0.1, 0.15) is 43.3 Å². The summed E-state index contributed by atoms with van der Waals surface area (Å²) in [5, 5.41) is 2.12. The predicted octanol–water partition coefficient (Wildman–Crippen LogP) is 3.25. The summed E-state index contributed by atoms with van der Waals surface area (Å²) in [7, 11) is 0. The molecule has 98 valence electrons. The van der Waals surface area contributed by atoms with Gasteiger partial charge in [-0.25, -0.2) is 4.98 Å². The van der Waals surface area contributed by atoms with Gasteiger partial charge in [0, 0.05) is 29.2 Å². The van der Waals surface area contributed by atoms with Crippen LogP contribution in [0.3, 0.4) is 0 Å². The molecule has 2 unspecified atom stereocenters. The molecule has 18 heavy (non-hydrogen) atoms. The van der Waals surface area contributed by atoms with Gasteiger partial charge in [-0.2, -0.15) is 0 Å². The van der Waals surface area contributed by atoms with E-state index in [0.717, 1.165) is 0 Å². The summed E-state index contributed by atoms with van der Waals surface area (Å²) >= 11 is 1.79. The molecule has 2 heterocycles. The van der Waals surface area contributed by atoms with Crippen molar-refractivity contribution in [2.45, 2.75) is 32.7 Å². The lowest BCUT2D eigenvalue weighted by Gasteiger charge is -2.23. The highest BCUT2D eigenvalue weighted by Crippen LogP contribution is 2.29. The summed E-state index contributed by atoms with van der Waals surface area (Å²) in [4.78, 5) is 5.67. The molecule has 0 fully saturated rings. The largest absolute Gasteiger partial charge is 0.330 e. The predicted molar refractivity (Wildman–Crippen MR) is 77.0 cm³/mol. The molecule has 0 aliphatic heterocycles. The average molecular weight is 263 g/mol. The van der Waals surface area contributed by atoms with Crippen LogP contribution in [0.15, 0.2) is 30.0 Å². The van der Waals surface area contributed by atoms with Gasteiger partial charge in [-0.15, -0.1) is 11.3 Å². The molecule has 3 nitrogen and oxygen atoms in total. The smallest absolute Gasteiger partial charge is 0.0954 e. The molecule has 4 heteroatoms. The van der Waals surface area contributed by atoms with Crippen LogP contribution in [0.5, 0.6) is 0 Å². The Kier molecular flexibility index (Phi) is 4.19. The van der Waals surface area contributed by atoms with Crippen LogP contribution in [-0.4, -0.2) is 16.1 Å². The van der Waals surface area contributed by atoms with E-state index in [-0.39, 0.29) is 0 Å². The third-order valence-electron chi connectivity index (χ3n) is 3.51. The van der Waals surface area contributed by atoms with Crippen LogP contribution in [0.4, 0.5) is 0 Å². The van der Waals surface area contributed by atoms with Crippen LogP contribution in [0, 0.1) is 5.92 Å². The molecule has 0 saturated carbocycles. The molecule has 0 aliphatic rings. The van der Waals surface area contributed by atoms with Crippen LogP contribution in [-0.2, 0) is 0 Å². The van der Waals surface area contributed by atoms with Gasteiger partial charge in [-0.05, 0) is 24.3 Å². The summed E-state index contributed by atoms with van der Waals surface area (Å²) in [5.41, 5.74) is 7.16. The van der Waals surface area contributed by atoms with Gasteiger partial charge in [0.2, 0.25) is 0 Å². The van der Waals surface area contributed by atoms with Gasteiger partial charge in [0.05, 0.1) is 12.4 Å². The van der Waals surface area contributed by atoms with E-state index in [9.17, 15) is 0 Å². The first kappa shape index (κ1) is 13.3. The lowest BCUT2D eigenvalue weighted by atomic mass is 9.92. The Balaban J connectivity index is 2.32. The summed E-state index contributed by atoms with van der Waals surface area (Å²) in [6.45, 7) is 7.31. The lowest BCUT2D eigenvalue weighted by molar-refractivity contribution is 0.464. The fourth-order valence-electron chi connectivity index (χ4n) is 2.33. The lowest BCUT2D eigenvalue weighted by Crippen LogP contribution is -2.22. The van der Waals surface area contributed by atoms with Crippen molar-refractivity contribution in [2.75, 3.05) is 6.54 Å². The first-order chi connectivity index (χ1) is 8.65. The van der Waals surface area contributed by atoms with E-state index >= 15 is 0 Å². The molecule has 2 N–H and O–H groups in total. The Morgan fingerprint density at radius 2 is 2.17 bits per heavy atom. The Morgan fingerprint density at radius 1 is 1.39 bits per heavy atom. The van der Waals surface area contributed by atoms with Crippen LogP contribution >= 0.6 is 11.3 Å². The Hall–Kier alpha value is -1.13. The van der Waals surface area contributed by atoms with Gasteiger partial charge in [0.25, 0.3) is 0 Å². The fraction of sp³-hybridized carbons (Fsp3) is 0.500. The molecule has 0 amide bonds. The fourth-order valence-corrected chi connectivity index (χ4v) is 3.11. The normalized spacial score (nSPS) is 14.9. The summed E-state index contributed by atoms with van der Waals surface area (Å²) in [5.74, 6) is 0.899. The molecule has 0 spiro atoms. The second-order valence-corrected chi connectivity index (χ2v) is 5.98. The zero-order valence-electron chi connectivity index (χ0n) is 11.2. The van der Waals surface area contributed by atoms with E-state index in [4.69, 9.17) is 5.73 Å². The van der Waals surface area contributed by atoms with Gasteiger partial charge >= 0.3 is 0 Å². The van der Waals surface area contributed by atoms with Crippen molar-refractivity contribution in [3.63, 3.8) is 0 Å². The van der Waals surface area contributed by atoms with Crippen molar-refractivity contribution in [2.24, 2.45) is 11.7 Å². The molecule has 2 aromatic heterocycles. The number of imidazole rings is 1. The molecular formula is C14H21N3S. The maximum absolute atomic E-state index is 5.91. The SMILES string of the molecule is CC(C)C(CN)c1cncn1C(C)c1cccs1. The minimum absolute atomic E-state index is 0.329. The Bertz CT molecular complexity index is 473. The molecule has 0 radical (unpaired) electrons. The molecule has 0 aliphatic carbocycles. The molecule has 0 aromatic carbocycles. The number of nitrogens with two attached hydrogens (primary N) is 1. The standard InChI is InChI=1S/C14H21N3S/c1-10(2)12(7-15)13-8-16-9-17(13)11(3)14-5-4-6-18-14/h4-6,8-12H,7,15H2,1-3H3. The minimum atomic E-state index is 0.329. The number of hydrogen-bond acceptors (Lipinski definition) is 3. The van der Waals surface area contributed by atoms with Crippen molar-refractivity contribution in [1.29, 1.82) is 0 Å². The monoisotopic (exact) mass is 263 g/mol. The van der Waals surface area contributed by atoms with E-state index in [1.807, 2.05) is 12.5 Å². The number of rotatable bonds is 5. The highest BCUT2D eigenvalue weighted by atomic mass is 32.1. The highest BCUT2D eigenvalue weighted by Gasteiger charge is 2.21. The van der Waals surface area contributed by atoms with Crippen molar-refractivity contribution in [1.82, 2.24) is 9.55 Å². The number of thiophene rings is 1. The van der Waals surface area contributed by atoms with E-state index in [1.165, 1.54) is 10.6 Å². The van der Waals surface area contributed by atoms with E-state index in [2.05, 4.69) is 47.8 Å². The zero-order chi connectivity index (χ0) is 13.1. The molecular weight excluding hydrogens is 242 g/mol. The molecule has 2 aromatic rings. The van der Waals surface area contributed by atoms with Crippen molar-refractivity contribution in [3.8, 4) is 0 Å². The third-order valence-corrected chi connectivity index (χ3v) is 4.55. The maximum Gasteiger partial charge on any atom is 0.0954 e. The highest BCUT2D eigenvalue weighted by molar-refractivity contribution is 7.10. The van der Waals surface area contributed by atoms with Gasteiger partial charge in [-0.3, -0.25) is 0 Å². The second-order valence-electron chi connectivity index (χ2n) is 5.00. The van der Waals surface area contributed by atoms with Gasteiger partial charge < -0.3 is 10.3 Å². The van der Waals surface area contributed by atoms with Crippen LogP contribution in [0.25, 0.3) is 0 Å². The van der Waals surface area contributed by atoms with Crippen molar-refractivity contribution < 1.29 is 0 Å². The summed E-state index contributed by atoms with van der Waals surface area (Å²) in [6.07, 6.45) is 3.88. The van der Waals surface area contributed by atoms with Crippen molar-refractivity contribution in [3.05, 3.63) is 40.6 Å².